The number of hydrogen-bond donors (Lipinski definition) is 1. The molecule has 2 heterocycles. The second-order valence-corrected chi connectivity index (χ2v) is 6.34. The Morgan fingerprint density at radius 2 is 2.12 bits per heavy atom. The number of nitrogens with zero attached hydrogens (tertiary/aromatic N) is 3. The summed E-state index contributed by atoms with van der Waals surface area (Å²) in [6, 6.07) is 9.70. The van der Waals surface area contributed by atoms with Crippen molar-refractivity contribution in [1.29, 1.82) is 0 Å². The SMILES string of the molecule is C=CCNC(=O)C(C)N1CCC(c2nc(-c3ccccc3)no2)CC1. The molecule has 1 unspecified atom stereocenters. The van der Waals surface area contributed by atoms with Gasteiger partial charge >= 0.3 is 0 Å². The van der Waals surface area contributed by atoms with Crippen LogP contribution in [0.1, 0.15) is 31.6 Å². The van der Waals surface area contributed by atoms with Gasteiger partial charge in [0.05, 0.1) is 6.04 Å². The van der Waals surface area contributed by atoms with Gasteiger partial charge in [0.2, 0.25) is 17.6 Å². The van der Waals surface area contributed by atoms with Gasteiger partial charge in [-0.2, -0.15) is 4.98 Å². The standard InChI is InChI=1S/C19H24N4O2/c1-3-11-20-18(24)14(2)23-12-9-16(10-13-23)19-21-17(22-25-19)15-7-5-4-6-8-15/h3-8,14,16H,1,9-13H2,2H3,(H,20,24). The van der Waals surface area contributed by atoms with Crippen LogP contribution in [0.3, 0.4) is 0 Å². The first kappa shape index (κ1) is 17.4. The summed E-state index contributed by atoms with van der Waals surface area (Å²) in [4.78, 5) is 18.8. The molecule has 3 rings (SSSR count). The van der Waals surface area contributed by atoms with Gasteiger partial charge in [0, 0.05) is 18.0 Å². The number of piperidine rings is 1. The van der Waals surface area contributed by atoms with E-state index in [2.05, 4.69) is 26.9 Å². The second-order valence-electron chi connectivity index (χ2n) is 6.34. The summed E-state index contributed by atoms with van der Waals surface area (Å²) in [5.74, 6) is 1.63. The Morgan fingerprint density at radius 3 is 2.80 bits per heavy atom. The minimum absolute atomic E-state index is 0.0440. The largest absolute Gasteiger partial charge is 0.351 e. The summed E-state index contributed by atoms with van der Waals surface area (Å²) in [7, 11) is 0. The van der Waals surface area contributed by atoms with Crippen LogP contribution >= 0.6 is 0 Å². The average molecular weight is 340 g/mol. The minimum atomic E-state index is -0.136. The highest BCUT2D eigenvalue weighted by molar-refractivity contribution is 5.81. The molecule has 0 saturated carbocycles. The highest BCUT2D eigenvalue weighted by Gasteiger charge is 2.29. The number of hydrogen-bond acceptors (Lipinski definition) is 5. The van der Waals surface area contributed by atoms with Crippen molar-refractivity contribution in [2.24, 2.45) is 0 Å². The molecule has 1 N–H and O–H groups in total. The normalized spacial score (nSPS) is 17.2. The molecule has 1 saturated heterocycles. The van der Waals surface area contributed by atoms with Gasteiger partial charge in [-0.1, -0.05) is 41.6 Å². The lowest BCUT2D eigenvalue weighted by molar-refractivity contribution is -0.126. The first-order chi connectivity index (χ1) is 12.2. The van der Waals surface area contributed by atoms with Crippen LogP contribution in [0.15, 0.2) is 47.5 Å². The first-order valence-electron chi connectivity index (χ1n) is 8.70. The van der Waals surface area contributed by atoms with Crippen LogP contribution in [0.4, 0.5) is 0 Å². The van der Waals surface area contributed by atoms with Crippen molar-refractivity contribution in [3.63, 3.8) is 0 Å². The highest BCUT2D eigenvalue weighted by Crippen LogP contribution is 2.29. The van der Waals surface area contributed by atoms with Crippen molar-refractivity contribution in [1.82, 2.24) is 20.4 Å². The smallest absolute Gasteiger partial charge is 0.237 e. The van der Waals surface area contributed by atoms with Crippen LogP contribution in [-0.4, -0.2) is 46.6 Å². The summed E-state index contributed by atoms with van der Waals surface area (Å²) >= 11 is 0. The predicted octanol–water partition coefficient (Wildman–Crippen LogP) is 2.61. The van der Waals surface area contributed by atoms with Crippen molar-refractivity contribution in [2.75, 3.05) is 19.6 Å². The number of carbonyl (C=O) groups excluding carboxylic acids is 1. The van der Waals surface area contributed by atoms with Crippen LogP contribution in [0.25, 0.3) is 11.4 Å². The summed E-state index contributed by atoms with van der Waals surface area (Å²) < 4.78 is 5.48. The van der Waals surface area contributed by atoms with E-state index in [0.717, 1.165) is 31.5 Å². The van der Waals surface area contributed by atoms with Gasteiger partial charge in [-0.15, -0.1) is 6.58 Å². The third kappa shape index (κ3) is 4.14. The van der Waals surface area contributed by atoms with Crippen LogP contribution < -0.4 is 5.32 Å². The molecule has 1 aliphatic heterocycles. The van der Waals surface area contributed by atoms with Crippen LogP contribution in [0.2, 0.25) is 0 Å². The van der Waals surface area contributed by atoms with E-state index in [-0.39, 0.29) is 17.9 Å². The van der Waals surface area contributed by atoms with Gasteiger partial charge in [0.25, 0.3) is 0 Å². The van der Waals surface area contributed by atoms with Crippen LogP contribution in [-0.2, 0) is 4.79 Å². The second kappa shape index (κ2) is 8.07. The number of benzene rings is 1. The summed E-state index contributed by atoms with van der Waals surface area (Å²) in [5, 5.41) is 6.96. The fourth-order valence-corrected chi connectivity index (χ4v) is 3.13. The lowest BCUT2D eigenvalue weighted by Crippen LogP contribution is -2.48. The van der Waals surface area contributed by atoms with E-state index in [4.69, 9.17) is 4.52 Å². The summed E-state index contributed by atoms with van der Waals surface area (Å²) in [6.45, 7) is 7.75. The third-order valence-corrected chi connectivity index (χ3v) is 4.70. The monoisotopic (exact) mass is 340 g/mol. The first-order valence-corrected chi connectivity index (χ1v) is 8.70. The van der Waals surface area contributed by atoms with E-state index >= 15 is 0 Å². The van der Waals surface area contributed by atoms with E-state index in [9.17, 15) is 4.79 Å². The number of likely N-dealkylation sites (tertiary alicyclic amines) is 1. The van der Waals surface area contributed by atoms with Gasteiger partial charge in [-0.25, -0.2) is 0 Å². The van der Waals surface area contributed by atoms with E-state index in [1.165, 1.54) is 0 Å². The lowest BCUT2D eigenvalue weighted by atomic mass is 9.95. The molecule has 0 radical (unpaired) electrons. The van der Waals surface area contributed by atoms with Gasteiger partial charge in [-0.3, -0.25) is 9.69 Å². The lowest BCUT2D eigenvalue weighted by Gasteiger charge is -2.34. The van der Waals surface area contributed by atoms with Gasteiger partial charge in [-0.05, 0) is 32.9 Å². The average Bonchev–Trinajstić information content (AvgIpc) is 3.16. The molecule has 1 fully saturated rings. The van der Waals surface area contributed by atoms with Crippen LogP contribution in [0.5, 0.6) is 0 Å². The fraction of sp³-hybridized carbons (Fsp3) is 0.421. The Balaban J connectivity index is 1.57. The van der Waals surface area contributed by atoms with Gasteiger partial charge in [0.1, 0.15) is 0 Å². The van der Waals surface area contributed by atoms with Gasteiger partial charge in [0.15, 0.2) is 0 Å². The maximum atomic E-state index is 12.1. The zero-order chi connectivity index (χ0) is 17.6. The van der Waals surface area contributed by atoms with E-state index in [0.29, 0.717) is 18.3 Å². The number of carbonyl (C=O) groups is 1. The Bertz CT molecular complexity index is 705. The predicted molar refractivity (Wildman–Crippen MR) is 96.0 cm³/mol. The molecule has 1 atom stereocenters. The Morgan fingerprint density at radius 1 is 1.40 bits per heavy atom. The molecule has 1 aromatic heterocycles. The van der Waals surface area contributed by atoms with E-state index in [1.54, 1.807) is 6.08 Å². The molecule has 1 amide bonds. The number of amides is 1. The molecule has 25 heavy (non-hydrogen) atoms. The maximum absolute atomic E-state index is 12.1. The summed E-state index contributed by atoms with van der Waals surface area (Å²) in [5.41, 5.74) is 0.961. The zero-order valence-electron chi connectivity index (χ0n) is 14.5. The Kier molecular flexibility index (Phi) is 5.60. The maximum Gasteiger partial charge on any atom is 0.237 e. The van der Waals surface area contributed by atoms with Crippen LogP contribution in [0, 0.1) is 0 Å². The quantitative estimate of drug-likeness (QED) is 0.819. The summed E-state index contributed by atoms with van der Waals surface area (Å²) in [6.07, 6.45) is 3.52. The molecular formula is C19H24N4O2. The molecule has 0 bridgehead atoms. The van der Waals surface area contributed by atoms with E-state index in [1.807, 2.05) is 37.3 Å². The zero-order valence-corrected chi connectivity index (χ0v) is 14.5. The molecule has 6 heteroatoms. The minimum Gasteiger partial charge on any atom is -0.351 e. The molecule has 1 aromatic carbocycles. The number of rotatable bonds is 6. The van der Waals surface area contributed by atoms with Crippen molar-refractivity contribution in [3.8, 4) is 11.4 Å². The molecule has 6 nitrogen and oxygen atoms in total. The van der Waals surface area contributed by atoms with Crippen molar-refractivity contribution in [2.45, 2.75) is 31.7 Å². The molecule has 1 aliphatic rings. The third-order valence-electron chi connectivity index (χ3n) is 4.70. The number of aromatic nitrogens is 2. The van der Waals surface area contributed by atoms with Gasteiger partial charge < -0.3 is 9.84 Å². The molecule has 0 spiro atoms. The van der Waals surface area contributed by atoms with Crippen molar-refractivity contribution < 1.29 is 9.32 Å². The Hall–Kier alpha value is -2.47. The fourth-order valence-electron chi connectivity index (χ4n) is 3.13. The number of nitrogens with one attached hydrogen (secondary N) is 1. The van der Waals surface area contributed by atoms with Crippen molar-refractivity contribution >= 4 is 5.91 Å². The molecule has 2 aromatic rings. The molecular weight excluding hydrogens is 316 g/mol. The Labute approximate surface area is 147 Å². The topological polar surface area (TPSA) is 71.3 Å². The van der Waals surface area contributed by atoms with Crippen molar-refractivity contribution in [3.05, 3.63) is 48.9 Å². The molecule has 0 aliphatic carbocycles. The highest BCUT2D eigenvalue weighted by atomic mass is 16.5. The molecule has 132 valence electrons. The van der Waals surface area contributed by atoms with E-state index < -0.39 is 0 Å².